The zero-order chi connectivity index (χ0) is 42.9. The van der Waals surface area contributed by atoms with Crippen molar-refractivity contribution >= 4 is 41.1 Å². The van der Waals surface area contributed by atoms with Gasteiger partial charge >= 0.3 is 12.0 Å². The molecule has 0 bridgehead atoms. The summed E-state index contributed by atoms with van der Waals surface area (Å²) >= 11 is 12.9. The topological polar surface area (TPSA) is 182 Å². The predicted molar refractivity (Wildman–Crippen MR) is 226 cm³/mol. The van der Waals surface area contributed by atoms with Crippen LogP contribution in [0.1, 0.15) is 53.6 Å². The molecule has 0 radical (unpaired) electrons. The number of likely N-dealkylation sites (tertiary alicyclic amines) is 1. The van der Waals surface area contributed by atoms with E-state index in [2.05, 4.69) is 53.4 Å². The van der Waals surface area contributed by atoms with Gasteiger partial charge in [-0.1, -0.05) is 59.6 Å². The molecule has 20 heteroatoms. The SMILES string of the molecule is CCOC(=O)CN1CCN(C(=O)NC2(c3ccccc3)CCN(CC[C@H](CN(C)C(=O)c3cc(-n4cnnn4)cc(-n4cnnn4)c3OC)c3ccc(Cl)c(Cl)c3)CC2)CC1. The van der Waals surface area contributed by atoms with Crippen molar-refractivity contribution in [1.82, 2.24) is 65.3 Å². The number of methoxy groups -OCH3 is 1. The third-order valence-electron chi connectivity index (χ3n) is 11.4. The molecule has 3 aromatic carbocycles. The number of aromatic nitrogens is 8. The van der Waals surface area contributed by atoms with Gasteiger partial charge in [-0.05, 0) is 89.0 Å². The number of ether oxygens (including phenoxy) is 2. The summed E-state index contributed by atoms with van der Waals surface area (Å²) in [5.74, 6) is -0.391. The van der Waals surface area contributed by atoms with E-state index in [1.54, 1.807) is 37.1 Å². The van der Waals surface area contributed by atoms with E-state index in [4.69, 9.17) is 32.7 Å². The number of piperidine rings is 1. The highest BCUT2D eigenvalue weighted by atomic mass is 35.5. The summed E-state index contributed by atoms with van der Waals surface area (Å²) in [7, 11) is 3.24. The first-order valence-electron chi connectivity index (χ1n) is 20.2. The molecule has 18 nitrogen and oxygen atoms in total. The number of urea groups is 1. The Hall–Kier alpha value is -5.69. The maximum absolute atomic E-state index is 14.5. The third-order valence-corrected chi connectivity index (χ3v) is 12.2. The molecule has 0 saturated carbocycles. The number of amides is 3. The maximum atomic E-state index is 14.5. The Morgan fingerprint density at radius 2 is 1.57 bits per heavy atom. The third kappa shape index (κ3) is 10.3. The quantitative estimate of drug-likeness (QED) is 0.149. The van der Waals surface area contributed by atoms with Gasteiger partial charge < -0.3 is 29.5 Å². The zero-order valence-corrected chi connectivity index (χ0v) is 35.9. The fourth-order valence-electron chi connectivity index (χ4n) is 8.10. The number of carbonyl (C=O) groups excluding carboxylic acids is 3. The van der Waals surface area contributed by atoms with Crippen molar-refractivity contribution in [2.45, 2.75) is 37.6 Å². The van der Waals surface area contributed by atoms with Gasteiger partial charge in [-0.3, -0.25) is 14.5 Å². The van der Waals surface area contributed by atoms with E-state index in [1.807, 2.05) is 40.1 Å². The minimum atomic E-state index is -0.552. The summed E-state index contributed by atoms with van der Waals surface area (Å²) in [5.41, 5.74) is 2.67. The summed E-state index contributed by atoms with van der Waals surface area (Å²) in [6.07, 6.45) is 4.97. The molecule has 61 heavy (non-hydrogen) atoms. The molecule has 322 valence electrons. The first-order chi connectivity index (χ1) is 29.6. The maximum Gasteiger partial charge on any atom is 0.320 e. The summed E-state index contributed by atoms with van der Waals surface area (Å²) in [6.45, 7) is 7.17. The number of nitrogens with zero attached hydrogens (tertiary/aromatic N) is 12. The van der Waals surface area contributed by atoms with E-state index in [0.29, 0.717) is 80.0 Å². The Kier molecular flexibility index (Phi) is 14.1. The summed E-state index contributed by atoms with van der Waals surface area (Å²) in [4.78, 5) is 48.3. The van der Waals surface area contributed by atoms with Crippen LogP contribution >= 0.6 is 23.2 Å². The Morgan fingerprint density at radius 1 is 0.869 bits per heavy atom. The molecule has 2 fully saturated rings. The Balaban J connectivity index is 1.05. The molecule has 0 aliphatic carbocycles. The first-order valence-corrected chi connectivity index (χ1v) is 20.9. The molecule has 1 N–H and O–H groups in total. The van der Waals surface area contributed by atoms with Crippen molar-refractivity contribution in [3.05, 3.63) is 100 Å². The van der Waals surface area contributed by atoms with E-state index >= 15 is 0 Å². The van der Waals surface area contributed by atoms with Crippen molar-refractivity contribution in [2.24, 2.45) is 0 Å². The average molecular weight is 875 g/mol. The van der Waals surface area contributed by atoms with Gasteiger partial charge in [0.05, 0.1) is 47.1 Å². The van der Waals surface area contributed by atoms with Crippen molar-refractivity contribution in [3.63, 3.8) is 0 Å². The first kappa shape index (κ1) is 43.4. The van der Waals surface area contributed by atoms with Crippen LogP contribution in [0.5, 0.6) is 5.75 Å². The minimum absolute atomic E-state index is 0.106. The Labute approximate surface area is 363 Å². The molecular formula is C41H49Cl2N13O5. The lowest BCUT2D eigenvalue weighted by Crippen LogP contribution is -2.59. The number of esters is 1. The number of likely N-dealkylation sites (N-methyl/N-ethyl adjacent to an activating group) is 1. The number of hydrogen-bond acceptors (Lipinski definition) is 13. The van der Waals surface area contributed by atoms with Crippen molar-refractivity contribution in [2.75, 3.05) is 79.7 Å². The molecular weight excluding hydrogens is 825 g/mol. The monoisotopic (exact) mass is 873 g/mol. The summed E-state index contributed by atoms with van der Waals surface area (Å²) in [5, 5.41) is 27.4. The van der Waals surface area contributed by atoms with Gasteiger partial charge in [-0.15, -0.1) is 10.2 Å². The fourth-order valence-corrected chi connectivity index (χ4v) is 8.40. The van der Waals surface area contributed by atoms with Gasteiger partial charge in [-0.2, -0.15) is 4.68 Å². The lowest BCUT2D eigenvalue weighted by atomic mass is 9.80. The van der Waals surface area contributed by atoms with Crippen LogP contribution in [0.25, 0.3) is 11.4 Å². The summed E-state index contributed by atoms with van der Waals surface area (Å²) < 4.78 is 13.8. The largest absolute Gasteiger partial charge is 0.494 e. The van der Waals surface area contributed by atoms with Crippen molar-refractivity contribution in [3.8, 4) is 17.1 Å². The second-order valence-corrected chi connectivity index (χ2v) is 16.0. The van der Waals surface area contributed by atoms with E-state index in [-0.39, 0.29) is 41.7 Å². The van der Waals surface area contributed by atoms with E-state index < -0.39 is 5.54 Å². The molecule has 1 atom stereocenters. The molecule has 3 amide bonds. The molecule has 0 spiro atoms. The Morgan fingerprint density at radius 3 is 2.21 bits per heavy atom. The predicted octanol–water partition coefficient (Wildman–Crippen LogP) is 4.08. The molecule has 2 saturated heterocycles. The van der Waals surface area contributed by atoms with Crippen LogP contribution in [-0.2, 0) is 15.1 Å². The van der Waals surface area contributed by atoms with Crippen molar-refractivity contribution in [1.29, 1.82) is 0 Å². The highest BCUT2D eigenvalue weighted by Crippen LogP contribution is 2.36. The van der Waals surface area contributed by atoms with Crippen molar-refractivity contribution < 1.29 is 23.9 Å². The Bertz CT molecular complexity index is 2250. The average Bonchev–Trinajstić information content (AvgIpc) is 4.03. The van der Waals surface area contributed by atoms with Crippen LogP contribution in [0.4, 0.5) is 4.79 Å². The van der Waals surface area contributed by atoms with Gasteiger partial charge in [0.25, 0.3) is 5.91 Å². The van der Waals surface area contributed by atoms with E-state index in [9.17, 15) is 14.4 Å². The van der Waals surface area contributed by atoms with E-state index in [0.717, 1.165) is 30.8 Å². The molecule has 5 aromatic rings. The molecule has 0 unspecified atom stereocenters. The lowest BCUT2D eigenvalue weighted by Gasteiger charge is -2.44. The van der Waals surface area contributed by atoms with Gasteiger partial charge in [0.1, 0.15) is 18.3 Å². The second kappa shape index (κ2) is 19.8. The number of nitrogens with one attached hydrogen (secondary N) is 1. The van der Waals surface area contributed by atoms with Crippen LogP contribution in [0.2, 0.25) is 10.0 Å². The van der Waals surface area contributed by atoms with Crippen LogP contribution < -0.4 is 10.1 Å². The molecule has 4 heterocycles. The highest BCUT2D eigenvalue weighted by molar-refractivity contribution is 6.42. The fraction of sp³-hybridized carbons (Fsp3) is 0.439. The van der Waals surface area contributed by atoms with Gasteiger partial charge in [0.15, 0.2) is 5.75 Å². The normalized spacial score (nSPS) is 16.2. The smallest absolute Gasteiger partial charge is 0.320 e. The molecule has 2 aromatic heterocycles. The number of hydrogen-bond donors (Lipinski definition) is 1. The van der Waals surface area contributed by atoms with Crippen LogP contribution in [0.3, 0.4) is 0 Å². The number of carbonyl (C=O) groups is 3. The van der Waals surface area contributed by atoms with Crippen LogP contribution in [-0.4, -0.2) is 158 Å². The van der Waals surface area contributed by atoms with Crippen LogP contribution in [0.15, 0.2) is 73.3 Å². The van der Waals surface area contributed by atoms with E-state index in [1.165, 1.54) is 29.1 Å². The zero-order valence-electron chi connectivity index (χ0n) is 34.4. The molecule has 7 rings (SSSR count). The van der Waals surface area contributed by atoms with Gasteiger partial charge in [0.2, 0.25) is 0 Å². The molecule has 2 aliphatic heterocycles. The van der Waals surface area contributed by atoms with Gasteiger partial charge in [-0.25, -0.2) is 9.48 Å². The lowest BCUT2D eigenvalue weighted by molar-refractivity contribution is -0.144. The standard InChI is InChI=1S/C41H49Cl2N13O5/c1-4-61-37(57)26-53-18-20-54(21-19-53)40(59)46-41(31-8-6-5-7-9-31)13-16-52(17-14-41)15-12-30(29-10-11-34(42)35(43)22-29)25-51(2)39(58)33-23-32(55-27-44-47-49-55)24-36(38(33)60-3)56-28-45-48-50-56/h5-11,22-24,27-28,30H,4,12-21,25-26H2,1-3H3,(H,46,59)/t30-/m1/s1. The number of rotatable bonds is 15. The number of piperazine rings is 1. The number of benzene rings is 3. The number of tetrazole rings is 2. The van der Waals surface area contributed by atoms with Gasteiger partial charge in [0, 0.05) is 58.8 Å². The second-order valence-electron chi connectivity index (χ2n) is 15.2. The number of halogens is 2. The molecule has 2 aliphatic rings. The van der Waals surface area contributed by atoms with Crippen LogP contribution in [0, 0.1) is 0 Å². The highest BCUT2D eigenvalue weighted by Gasteiger charge is 2.39. The summed E-state index contributed by atoms with van der Waals surface area (Å²) in [6, 6.07) is 19.1. The minimum Gasteiger partial charge on any atom is -0.494 e.